The number of aromatic amines is 1. The molecule has 1 saturated heterocycles. The van der Waals surface area contributed by atoms with Crippen LogP contribution in [0, 0.1) is 0 Å². The molecule has 6 N–H and O–H groups in total. The molecular weight excluding hydrogens is 270 g/mol. The number of aliphatic hydroxyl groups is 3. The molecule has 0 saturated carbocycles. The number of nitrogens with two attached hydrogens (primary N) is 1. The molecule has 20 heavy (non-hydrogen) atoms. The molecule has 108 valence electrons. The van der Waals surface area contributed by atoms with Gasteiger partial charge in [-0.15, -0.1) is 0 Å². The molecule has 10 nitrogen and oxygen atoms in total. The molecular formula is C10H13N5O5. The maximum absolute atomic E-state index is 11.4. The van der Waals surface area contributed by atoms with E-state index in [9.17, 15) is 15.0 Å². The third-order valence-electron chi connectivity index (χ3n) is 3.27. The minimum absolute atomic E-state index is 0.0954. The SMILES string of the molecule is Nc1[nH]c(=O)nc2c1cnn2[C@@H]1O[C@H](CO)[C@@H](O)[C@H]1O. The molecule has 1 aliphatic heterocycles. The first-order valence-electron chi connectivity index (χ1n) is 5.88. The molecule has 3 rings (SSSR count). The highest BCUT2D eigenvalue weighted by molar-refractivity contribution is 5.84. The normalized spacial score (nSPS) is 30.1. The van der Waals surface area contributed by atoms with Gasteiger partial charge in [0.15, 0.2) is 11.9 Å². The lowest BCUT2D eigenvalue weighted by Crippen LogP contribution is -2.33. The van der Waals surface area contributed by atoms with Crippen LogP contribution >= 0.6 is 0 Å². The van der Waals surface area contributed by atoms with E-state index < -0.39 is 36.8 Å². The Morgan fingerprint density at radius 1 is 1.45 bits per heavy atom. The van der Waals surface area contributed by atoms with Crippen molar-refractivity contribution in [1.29, 1.82) is 0 Å². The van der Waals surface area contributed by atoms with E-state index in [4.69, 9.17) is 15.6 Å². The summed E-state index contributed by atoms with van der Waals surface area (Å²) in [5.74, 6) is 0.0954. The summed E-state index contributed by atoms with van der Waals surface area (Å²) in [5.41, 5.74) is 5.11. The van der Waals surface area contributed by atoms with Crippen LogP contribution < -0.4 is 11.4 Å². The Morgan fingerprint density at radius 2 is 2.20 bits per heavy atom. The number of nitrogens with zero attached hydrogens (tertiary/aromatic N) is 3. The van der Waals surface area contributed by atoms with Crippen molar-refractivity contribution < 1.29 is 20.1 Å². The minimum atomic E-state index is -1.31. The Balaban J connectivity index is 2.09. The molecule has 4 atom stereocenters. The summed E-state index contributed by atoms with van der Waals surface area (Å²) in [7, 11) is 0. The lowest BCUT2D eigenvalue weighted by molar-refractivity contribution is -0.0566. The van der Waals surface area contributed by atoms with Crippen molar-refractivity contribution in [1.82, 2.24) is 19.7 Å². The Bertz CT molecular complexity index is 697. The van der Waals surface area contributed by atoms with Gasteiger partial charge in [-0.3, -0.25) is 4.98 Å². The van der Waals surface area contributed by atoms with E-state index >= 15 is 0 Å². The molecule has 10 heteroatoms. The van der Waals surface area contributed by atoms with Gasteiger partial charge in [0.05, 0.1) is 18.2 Å². The molecule has 3 heterocycles. The molecule has 0 bridgehead atoms. The number of fused-ring (bicyclic) bond motifs is 1. The number of hydrogen-bond acceptors (Lipinski definition) is 8. The zero-order chi connectivity index (χ0) is 14.4. The number of H-pyrrole nitrogens is 1. The average molecular weight is 283 g/mol. The number of rotatable bonds is 2. The van der Waals surface area contributed by atoms with Crippen LogP contribution in [0.1, 0.15) is 6.23 Å². The Kier molecular flexibility index (Phi) is 2.94. The predicted octanol–water partition coefficient (Wildman–Crippen LogP) is -2.69. The monoisotopic (exact) mass is 283 g/mol. The summed E-state index contributed by atoms with van der Waals surface area (Å²) in [6.45, 7) is -0.454. The van der Waals surface area contributed by atoms with E-state index in [1.54, 1.807) is 0 Å². The smallest absolute Gasteiger partial charge is 0.348 e. The summed E-state index contributed by atoms with van der Waals surface area (Å²) in [5, 5.41) is 33.1. The fourth-order valence-corrected chi connectivity index (χ4v) is 2.23. The Hall–Kier alpha value is -2.01. The van der Waals surface area contributed by atoms with Gasteiger partial charge < -0.3 is 25.8 Å². The lowest BCUT2D eigenvalue weighted by atomic mass is 10.1. The first-order chi connectivity index (χ1) is 9.52. The van der Waals surface area contributed by atoms with Gasteiger partial charge in [-0.05, 0) is 0 Å². The standard InChI is InChI=1S/C10H13N5O5/c11-7-3-1-12-15(8(3)14-10(19)13-7)9-6(18)5(17)4(2-16)20-9/h1,4-6,9,16-18H,2H2,(H3,11,13,14,19)/t4-,5-,6-,9-/m1/s1. The summed E-state index contributed by atoms with van der Waals surface area (Å²) >= 11 is 0. The van der Waals surface area contributed by atoms with Crippen molar-refractivity contribution in [2.45, 2.75) is 24.5 Å². The van der Waals surface area contributed by atoms with Crippen LogP contribution in [0.15, 0.2) is 11.0 Å². The van der Waals surface area contributed by atoms with Crippen LogP contribution in [-0.2, 0) is 4.74 Å². The number of anilines is 1. The second kappa shape index (κ2) is 4.52. The van der Waals surface area contributed by atoms with Crippen LogP contribution in [-0.4, -0.2) is 60.0 Å². The molecule has 0 aliphatic carbocycles. The van der Waals surface area contributed by atoms with Crippen molar-refractivity contribution in [3.05, 3.63) is 16.7 Å². The zero-order valence-corrected chi connectivity index (χ0v) is 10.2. The number of nitrogens with one attached hydrogen (secondary N) is 1. The Labute approximate surface area is 111 Å². The van der Waals surface area contributed by atoms with Gasteiger partial charge in [0.1, 0.15) is 24.1 Å². The van der Waals surface area contributed by atoms with Crippen molar-refractivity contribution in [2.75, 3.05) is 12.3 Å². The summed E-state index contributed by atoms with van der Waals surface area (Å²) in [6.07, 6.45) is -3.20. The Morgan fingerprint density at radius 3 is 2.85 bits per heavy atom. The summed E-state index contributed by atoms with van der Waals surface area (Å²) in [4.78, 5) is 17.4. The quantitative estimate of drug-likeness (QED) is 0.398. The number of hydrogen-bond donors (Lipinski definition) is 5. The molecule has 0 spiro atoms. The van der Waals surface area contributed by atoms with Crippen molar-refractivity contribution >= 4 is 16.9 Å². The minimum Gasteiger partial charge on any atom is -0.394 e. The van der Waals surface area contributed by atoms with Gasteiger partial charge >= 0.3 is 5.69 Å². The maximum atomic E-state index is 11.4. The first kappa shape index (κ1) is 13.0. The van der Waals surface area contributed by atoms with E-state index in [1.165, 1.54) is 6.20 Å². The highest BCUT2D eigenvalue weighted by atomic mass is 16.6. The van der Waals surface area contributed by atoms with Gasteiger partial charge in [0.25, 0.3) is 0 Å². The van der Waals surface area contributed by atoms with Crippen LogP contribution in [0.3, 0.4) is 0 Å². The van der Waals surface area contributed by atoms with Crippen LogP contribution in [0.2, 0.25) is 0 Å². The largest absolute Gasteiger partial charge is 0.394 e. The highest BCUT2D eigenvalue weighted by Gasteiger charge is 2.44. The van der Waals surface area contributed by atoms with Gasteiger partial charge in [-0.25, -0.2) is 9.48 Å². The molecule has 0 unspecified atom stereocenters. The molecule has 2 aromatic heterocycles. The fraction of sp³-hybridized carbons (Fsp3) is 0.500. The van der Waals surface area contributed by atoms with E-state index in [-0.39, 0.29) is 11.5 Å². The average Bonchev–Trinajstić information content (AvgIpc) is 2.93. The lowest BCUT2D eigenvalue weighted by Gasteiger charge is -2.15. The van der Waals surface area contributed by atoms with E-state index in [0.717, 1.165) is 4.68 Å². The van der Waals surface area contributed by atoms with Crippen LogP contribution in [0.5, 0.6) is 0 Å². The zero-order valence-electron chi connectivity index (χ0n) is 10.2. The molecule has 1 fully saturated rings. The summed E-state index contributed by atoms with van der Waals surface area (Å²) in [6, 6.07) is 0. The van der Waals surface area contributed by atoms with E-state index in [2.05, 4.69) is 15.1 Å². The van der Waals surface area contributed by atoms with Crippen LogP contribution in [0.25, 0.3) is 11.0 Å². The van der Waals surface area contributed by atoms with E-state index in [0.29, 0.717) is 5.39 Å². The second-order valence-corrected chi connectivity index (χ2v) is 4.51. The summed E-state index contributed by atoms with van der Waals surface area (Å²) < 4.78 is 6.48. The van der Waals surface area contributed by atoms with Crippen molar-refractivity contribution in [3.8, 4) is 0 Å². The number of ether oxygens (including phenoxy) is 1. The van der Waals surface area contributed by atoms with Crippen molar-refractivity contribution in [3.63, 3.8) is 0 Å². The van der Waals surface area contributed by atoms with Gasteiger partial charge in [-0.2, -0.15) is 10.1 Å². The molecule has 0 aromatic carbocycles. The maximum Gasteiger partial charge on any atom is 0.348 e. The number of aliphatic hydroxyl groups excluding tert-OH is 3. The molecule has 0 radical (unpaired) electrons. The third kappa shape index (κ3) is 1.78. The van der Waals surface area contributed by atoms with Gasteiger partial charge in [-0.1, -0.05) is 0 Å². The number of aromatic nitrogens is 4. The van der Waals surface area contributed by atoms with Crippen LogP contribution in [0.4, 0.5) is 5.82 Å². The molecule has 0 amide bonds. The fourth-order valence-electron chi connectivity index (χ4n) is 2.23. The van der Waals surface area contributed by atoms with Gasteiger partial charge in [0.2, 0.25) is 0 Å². The van der Waals surface area contributed by atoms with Gasteiger partial charge in [0, 0.05) is 0 Å². The molecule has 1 aliphatic rings. The van der Waals surface area contributed by atoms with E-state index in [1.807, 2.05) is 0 Å². The number of nitrogen functional groups attached to an aromatic ring is 1. The predicted molar refractivity (Wildman–Crippen MR) is 65.6 cm³/mol. The topological polar surface area (TPSA) is 160 Å². The highest BCUT2D eigenvalue weighted by Crippen LogP contribution is 2.31. The third-order valence-corrected chi connectivity index (χ3v) is 3.27. The van der Waals surface area contributed by atoms with Crippen molar-refractivity contribution in [2.24, 2.45) is 0 Å². The first-order valence-corrected chi connectivity index (χ1v) is 5.88. The molecule has 2 aromatic rings. The second-order valence-electron chi connectivity index (χ2n) is 4.51.